The van der Waals surface area contributed by atoms with Crippen molar-refractivity contribution in [3.63, 3.8) is 0 Å². The Balaban J connectivity index is 1.95. The Hall–Kier alpha value is -1.43. The zero-order valence-electron chi connectivity index (χ0n) is 12.0. The van der Waals surface area contributed by atoms with E-state index in [1.54, 1.807) is 0 Å². The van der Waals surface area contributed by atoms with Crippen molar-refractivity contribution in [1.82, 2.24) is 19.8 Å². The molecule has 1 fully saturated rings. The lowest BCUT2D eigenvalue weighted by Gasteiger charge is -2.27. The quantitative estimate of drug-likeness (QED) is 0.871. The van der Waals surface area contributed by atoms with Gasteiger partial charge in [-0.25, -0.2) is 4.98 Å². The Labute approximate surface area is 119 Å². The van der Waals surface area contributed by atoms with Crippen molar-refractivity contribution in [3.05, 3.63) is 30.1 Å². The maximum absolute atomic E-state index is 5.88. The summed E-state index contributed by atoms with van der Waals surface area (Å²) >= 11 is 0. The van der Waals surface area contributed by atoms with Crippen molar-refractivity contribution in [2.24, 2.45) is 5.73 Å². The standard InChI is InChI=1S/C15H23N5/c1-12(10-16)20-14-5-3-2-4-13(14)18-15(20)11-19-8-6-17-7-9-19/h2-5,12,17H,6-11,16H2,1H3. The van der Waals surface area contributed by atoms with Crippen LogP contribution in [0.15, 0.2) is 24.3 Å². The fourth-order valence-corrected chi connectivity index (χ4v) is 2.87. The molecule has 3 rings (SSSR count). The normalized spacial score (nSPS) is 18.5. The van der Waals surface area contributed by atoms with Crippen LogP contribution in [-0.2, 0) is 6.54 Å². The maximum Gasteiger partial charge on any atom is 0.124 e. The van der Waals surface area contributed by atoms with Crippen LogP contribution in [0.2, 0.25) is 0 Å². The van der Waals surface area contributed by atoms with Crippen LogP contribution in [0.3, 0.4) is 0 Å². The van der Waals surface area contributed by atoms with E-state index in [1.165, 1.54) is 5.52 Å². The average molecular weight is 273 g/mol. The zero-order valence-corrected chi connectivity index (χ0v) is 12.0. The first kappa shape index (κ1) is 13.5. The molecule has 1 aromatic carbocycles. The summed E-state index contributed by atoms with van der Waals surface area (Å²) in [7, 11) is 0. The van der Waals surface area contributed by atoms with Crippen LogP contribution in [0.5, 0.6) is 0 Å². The van der Waals surface area contributed by atoms with Crippen molar-refractivity contribution >= 4 is 11.0 Å². The number of nitrogens with two attached hydrogens (primary N) is 1. The van der Waals surface area contributed by atoms with Gasteiger partial charge in [-0.3, -0.25) is 4.90 Å². The number of rotatable bonds is 4. The maximum atomic E-state index is 5.88. The average Bonchev–Trinajstić information content (AvgIpc) is 2.85. The molecule has 0 saturated carbocycles. The summed E-state index contributed by atoms with van der Waals surface area (Å²) in [5.41, 5.74) is 8.14. The fraction of sp³-hybridized carbons (Fsp3) is 0.533. The van der Waals surface area contributed by atoms with Crippen LogP contribution in [0.4, 0.5) is 0 Å². The van der Waals surface area contributed by atoms with Gasteiger partial charge >= 0.3 is 0 Å². The lowest BCUT2D eigenvalue weighted by molar-refractivity contribution is 0.224. The smallest absolute Gasteiger partial charge is 0.124 e. The molecule has 0 radical (unpaired) electrons. The molecule has 108 valence electrons. The van der Waals surface area contributed by atoms with Crippen LogP contribution in [-0.4, -0.2) is 47.2 Å². The molecule has 0 aliphatic carbocycles. The molecule has 3 N–H and O–H groups in total. The molecule has 1 aliphatic heterocycles. The van der Waals surface area contributed by atoms with E-state index in [-0.39, 0.29) is 6.04 Å². The predicted molar refractivity (Wildman–Crippen MR) is 81.6 cm³/mol. The van der Waals surface area contributed by atoms with Crippen molar-refractivity contribution in [2.75, 3.05) is 32.7 Å². The van der Waals surface area contributed by atoms with Gasteiger partial charge in [-0.1, -0.05) is 12.1 Å². The Morgan fingerprint density at radius 1 is 1.30 bits per heavy atom. The molecule has 2 aromatic rings. The summed E-state index contributed by atoms with van der Waals surface area (Å²) in [4.78, 5) is 7.28. The number of nitrogens with zero attached hydrogens (tertiary/aromatic N) is 3. The second-order valence-corrected chi connectivity index (χ2v) is 5.50. The Morgan fingerprint density at radius 2 is 2.05 bits per heavy atom. The highest BCUT2D eigenvalue weighted by Gasteiger charge is 2.18. The SMILES string of the molecule is CC(CN)n1c(CN2CCNCC2)nc2ccccc21. The minimum Gasteiger partial charge on any atom is -0.328 e. The third-order valence-electron chi connectivity index (χ3n) is 4.03. The molecule has 0 bridgehead atoms. The van der Waals surface area contributed by atoms with E-state index in [0.29, 0.717) is 6.54 Å². The number of fused-ring (bicyclic) bond motifs is 1. The van der Waals surface area contributed by atoms with Crippen LogP contribution < -0.4 is 11.1 Å². The summed E-state index contributed by atoms with van der Waals surface area (Å²) in [6, 6.07) is 8.60. The summed E-state index contributed by atoms with van der Waals surface area (Å²) < 4.78 is 2.30. The van der Waals surface area contributed by atoms with Crippen molar-refractivity contribution in [2.45, 2.75) is 19.5 Å². The van der Waals surface area contributed by atoms with E-state index in [2.05, 4.69) is 39.9 Å². The third kappa shape index (κ3) is 2.57. The molecule has 5 nitrogen and oxygen atoms in total. The van der Waals surface area contributed by atoms with Crippen molar-refractivity contribution in [3.8, 4) is 0 Å². The molecule has 1 aliphatic rings. The molecule has 1 unspecified atom stereocenters. The van der Waals surface area contributed by atoms with Crippen LogP contribution in [0, 0.1) is 0 Å². The second-order valence-electron chi connectivity index (χ2n) is 5.50. The Morgan fingerprint density at radius 3 is 2.80 bits per heavy atom. The van der Waals surface area contributed by atoms with Crippen LogP contribution >= 0.6 is 0 Å². The molecule has 5 heteroatoms. The zero-order chi connectivity index (χ0) is 13.9. The number of nitrogens with one attached hydrogen (secondary N) is 1. The van der Waals surface area contributed by atoms with Crippen molar-refractivity contribution < 1.29 is 0 Å². The third-order valence-corrected chi connectivity index (χ3v) is 4.03. The molecule has 1 aromatic heterocycles. The van der Waals surface area contributed by atoms with Crippen LogP contribution in [0.25, 0.3) is 11.0 Å². The number of hydrogen-bond acceptors (Lipinski definition) is 4. The highest BCUT2D eigenvalue weighted by molar-refractivity contribution is 5.76. The number of para-hydroxylation sites is 2. The molecule has 2 heterocycles. The van der Waals surface area contributed by atoms with E-state index in [9.17, 15) is 0 Å². The van der Waals surface area contributed by atoms with Gasteiger partial charge in [0.15, 0.2) is 0 Å². The molecule has 1 saturated heterocycles. The van der Waals surface area contributed by atoms with E-state index >= 15 is 0 Å². The number of piperazine rings is 1. The molecule has 0 spiro atoms. The Kier molecular flexibility index (Phi) is 4.00. The second kappa shape index (κ2) is 5.91. The van der Waals surface area contributed by atoms with Gasteiger partial charge < -0.3 is 15.6 Å². The van der Waals surface area contributed by atoms with Gasteiger partial charge in [0.1, 0.15) is 5.82 Å². The minimum absolute atomic E-state index is 0.278. The number of imidazole rings is 1. The van der Waals surface area contributed by atoms with Gasteiger partial charge in [0.25, 0.3) is 0 Å². The molecule has 20 heavy (non-hydrogen) atoms. The van der Waals surface area contributed by atoms with E-state index in [1.807, 2.05) is 6.07 Å². The van der Waals surface area contributed by atoms with E-state index in [4.69, 9.17) is 10.7 Å². The topological polar surface area (TPSA) is 59.1 Å². The summed E-state index contributed by atoms with van der Waals surface area (Å²) in [5, 5.41) is 3.39. The van der Waals surface area contributed by atoms with Gasteiger partial charge in [-0.15, -0.1) is 0 Å². The largest absolute Gasteiger partial charge is 0.328 e. The number of hydrogen-bond donors (Lipinski definition) is 2. The Bertz CT molecular complexity index is 571. The lowest BCUT2D eigenvalue weighted by atomic mass is 10.2. The van der Waals surface area contributed by atoms with Gasteiger partial charge in [0.05, 0.1) is 17.6 Å². The summed E-state index contributed by atoms with van der Waals surface area (Å²) in [5.74, 6) is 1.13. The predicted octanol–water partition coefficient (Wildman–Crippen LogP) is 0.961. The first-order valence-corrected chi connectivity index (χ1v) is 7.38. The first-order chi connectivity index (χ1) is 9.79. The van der Waals surface area contributed by atoms with Gasteiger partial charge in [0, 0.05) is 38.8 Å². The van der Waals surface area contributed by atoms with E-state index < -0.39 is 0 Å². The highest BCUT2D eigenvalue weighted by atomic mass is 15.2. The molecular formula is C15H23N5. The van der Waals surface area contributed by atoms with Gasteiger partial charge in [-0.2, -0.15) is 0 Å². The first-order valence-electron chi connectivity index (χ1n) is 7.38. The van der Waals surface area contributed by atoms with Gasteiger partial charge in [0.2, 0.25) is 0 Å². The van der Waals surface area contributed by atoms with Crippen LogP contribution in [0.1, 0.15) is 18.8 Å². The summed E-state index contributed by atoms with van der Waals surface area (Å²) in [6.07, 6.45) is 0. The molecular weight excluding hydrogens is 250 g/mol. The number of aromatic nitrogens is 2. The van der Waals surface area contributed by atoms with E-state index in [0.717, 1.165) is 44.1 Å². The monoisotopic (exact) mass is 273 g/mol. The van der Waals surface area contributed by atoms with Gasteiger partial charge in [-0.05, 0) is 19.1 Å². The molecule has 0 amide bonds. The highest BCUT2D eigenvalue weighted by Crippen LogP contribution is 2.21. The van der Waals surface area contributed by atoms with Crippen molar-refractivity contribution in [1.29, 1.82) is 0 Å². The minimum atomic E-state index is 0.278. The molecule has 1 atom stereocenters. The number of benzene rings is 1. The fourth-order valence-electron chi connectivity index (χ4n) is 2.87. The summed E-state index contributed by atoms with van der Waals surface area (Å²) in [6.45, 7) is 7.99. The lowest BCUT2D eigenvalue weighted by Crippen LogP contribution is -2.43.